The van der Waals surface area contributed by atoms with E-state index in [0.717, 1.165) is 27.8 Å². The van der Waals surface area contributed by atoms with Crippen LogP contribution >= 0.6 is 0 Å². The Kier molecular flexibility index (Phi) is 11.6. The molecule has 234 valence electrons. The van der Waals surface area contributed by atoms with Crippen LogP contribution in [0.1, 0.15) is 66.9 Å². The molecule has 2 aliphatic rings. The fraction of sp³-hybridized carbons (Fsp3) is 0.394. The molecule has 2 aromatic heterocycles. The normalized spacial score (nSPS) is 13.9. The number of nitrogens with zero attached hydrogens (tertiary/aromatic N) is 5. The Labute approximate surface area is 258 Å². The number of anilines is 2. The minimum atomic E-state index is -0.934. The van der Waals surface area contributed by atoms with Crippen molar-refractivity contribution in [2.45, 2.75) is 73.8 Å². The topological polar surface area (TPSA) is 139 Å². The predicted molar refractivity (Wildman–Crippen MR) is 174 cm³/mol. The predicted octanol–water partition coefficient (Wildman–Crippen LogP) is 7.32. The molecule has 0 spiro atoms. The van der Waals surface area contributed by atoms with Crippen molar-refractivity contribution in [3.8, 4) is 17.0 Å². The second kappa shape index (κ2) is 15.1. The maximum absolute atomic E-state index is 13.0. The van der Waals surface area contributed by atoms with Crippen molar-refractivity contribution in [3.63, 3.8) is 0 Å². The Morgan fingerprint density at radius 1 is 1.11 bits per heavy atom. The number of ether oxygens (including phenoxy) is 2. The van der Waals surface area contributed by atoms with Crippen LogP contribution < -0.4 is 15.0 Å². The van der Waals surface area contributed by atoms with Gasteiger partial charge in [0.25, 0.3) is 0 Å². The first kappa shape index (κ1) is 33.7. The van der Waals surface area contributed by atoms with Gasteiger partial charge in [-0.1, -0.05) is 45.9 Å². The average Bonchev–Trinajstić information content (AvgIpc) is 3.22. The highest BCUT2D eigenvalue weighted by molar-refractivity contribution is 6.05. The third kappa shape index (κ3) is 8.40. The zero-order chi connectivity index (χ0) is 32.4. The number of carbonyl (C=O) groups is 2. The van der Waals surface area contributed by atoms with E-state index in [1.54, 1.807) is 29.6 Å². The minimum Gasteiger partial charge on any atom is -0.481 e. The van der Waals surface area contributed by atoms with E-state index in [1.165, 1.54) is 0 Å². The average molecular weight is 603 g/mol. The molecule has 0 aliphatic carbocycles. The molecule has 0 bridgehead atoms. The van der Waals surface area contributed by atoms with Gasteiger partial charge in [-0.2, -0.15) is 0 Å². The number of hydrogen-bond acceptors (Lipinski definition) is 9. The number of carboxylic acids is 1. The van der Waals surface area contributed by atoms with Gasteiger partial charge in [-0.15, -0.1) is 0 Å². The summed E-state index contributed by atoms with van der Waals surface area (Å²) in [4.78, 5) is 43.4. The number of allylic oxidation sites excluding steroid dienone is 2. The largest absolute Gasteiger partial charge is 0.481 e. The van der Waals surface area contributed by atoms with E-state index < -0.39 is 17.7 Å². The fourth-order valence-electron chi connectivity index (χ4n) is 4.44. The van der Waals surface area contributed by atoms with Crippen LogP contribution in [0.25, 0.3) is 22.0 Å². The molecule has 1 amide bonds. The molecule has 5 rings (SSSR count). The first-order chi connectivity index (χ1) is 21.1. The van der Waals surface area contributed by atoms with Crippen molar-refractivity contribution in [2.24, 2.45) is 4.99 Å². The highest BCUT2D eigenvalue weighted by Crippen LogP contribution is 2.39. The molecule has 0 radical (unpaired) electrons. The Balaban J connectivity index is 0.00000127. The zero-order valence-electron chi connectivity index (χ0n) is 26.8. The lowest BCUT2D eigenvalue weighted by molar-refractivity contribution is -0.135. The summed E-state index contributed by atoms with van der Waals surface area (Å²) >= 11 is 0. The van der Waals surface area contributed by atoms with Gasteiger partial charge < -0.3 is 19.9 Å². The first-order valence-corrected chi connectivity index (χ1v) is 14.9. The van der Waals surface area contributed by atoms with Crippen molar-refractivity contribution in [1.82, 2.24) is 15.0 Å². The molecule has 44 heavy (non-hydrogen) atoms. The number of pyridine rings is 1. The SMILES string of the molecule is CC.CC.Cc1c(-c2ccc3cnc(NC4=CN=C(CC(=O)O)C=CC4)nc3c2)cnc2c1N(C(=O)OC(C)(C)C)CCO2. The maximum atomic E-state index is 13.0. The van der Waals surface area contributed by atoms with Crippen molar-refractivity contribution in [1.29, 1.82) is 0 Å². The molecule has 0 atom stereocenters. The summed E-state index contributed by atoms with van der Waals surface area (Å²) in [7, 11) is 0. The van der Waals surface area contributed by atoms with Gasteiger partial charge in [0.05, 0.1) is 24.2 Å². The third-order valence-corrected chi connectivity index (χ3v) is 6.24. The van der Waals surface area contributed by atoms with Crippen LogP contribution in [0.2, 0.25) is 0 Å². The summed E-state index contributed by atoms with van der Waals surface area (Å²) in [5.41, 5.74) is 4.44. The monoisotopic (exact) mass is 602 g/mol. The summed E-state index contributed by atoms with van der Waals surface area (Å²) in [6.07, 6.45) is 8.57. The van der Waals surface area contributed by atoms with Crippen LogP contribution in [0, 0.1) is 6.92 Å². The lowest BCUT2D eigenvalue weighted by atomic mass is 9.99. The van der Waals surface area contributed by atoms with Gasteiger partial charge in [-0.25, -0.2) is 19.7 Å². The molecule has 1 aromatic carbocycles. The number of aliphatic imine (C=N–C) groups is 1. The van der Waals surface area contributed by atoms with Gasteiger partial charge in [-0.3, -0.25) is 14.7 Å². The lowest BCUT2D eigenvalue weighted by Gasteiger charge is -2.32. The summed E-state index contributed by atoms with van der Waals surface area (Å²) in [5.74, 6) is -0.143. The number of amides is 1. The van der Waals surface area contributed by atoms with Gasteiger partial charge in [0, 0.05) is 41.7 Å². The van der Waals surface area contributed by atoms with E-state index in [2.05, 4.69) is 20.3 Å². The number of aliphatic carboxylic acids is 1. The van der Waals surface area contributed by atoms with Crippen LogP contribution in [0.5, 0.6) is 5.88 Å². The van der Waals surface area contributed by atoms with Gasteiger partial charge in [0.15, 0.2) is 0 Å². The summed E-state index contributed by atoms with van der Waals surface area (Å²) in [6.45, 7) is 16.1. The molecule has 0 saturated carbocycles. The molecule has 2 aliphatic heterocycles. The molecular weight excluding hydrogens is 560 g/mol. The van der Waals surface area contributed by atoms with Gasteiger partial charge >= 0.3 is 12.1 Å². The maximum Gasteiger partial charge on any atom is 0.415 e. The molecule has 4 heterocycles. The summed E-state index contributed by atoms with van der Waals surface area (Å²) in [5, 5.41) is 13.0. The van der Waals surface area contributed by atoms with Crippen molar-refractivity contribution < 1.29 is 24.2 Å². The van der Waals surface area contributed by atoms with Crippen LogP contribution in [0.3, 0.4) is 0 Å². The second-order valence-electron chi connectivity index (χ2n) is 10.5. The van der Waals surface area contributed by atoms with E-state index in [4.69, 9.17) is 19.6 Å². The van der Waals surface area contributed by atoms with E-state index in [9.17, 15) is 9.59 Å². The number of rotatable bonds is 5. The third-order valence-electron chi connectivity index (χ3n) is 6.24. The second-order valence-corrected chi connectivity index (χ2v) is 10.5. The number of nitrogens with one attached hydrogen (secondary N) is 1. The molecule has 2 N–H and O–H groups in total. The number of carboxylic acid groups (broad SMARTS) is 1. The minimum absolute atomic E-state index is 0.145. The number of benzene rings is 1. The van der Waals surface area contributed by atoms with E-state index in [-0.39, 0.29) is 6.42 Å². The van der Waals surface area contributed by atoms with E-state index >= 15 is 0 Å². The van der Waals surface area contributed by atoms with E-state index in [1.807, 2.05) is 79.7 Å². The zero-order valence-corrected chi connectivity index (χ0v) is 26.8. The molecule has 0 saturated heterocycles. The highest BCUT2D eigenvalue weighted by atomic mass is 16.6. The van der Waals surface area contributed by atoms with E-state index in [0.29, 0.717) is 48.3 Å². The Morgan fingerprint density at radius 2 is 1.86 bits per heavy atom. The molecule has 11 heteroatoms. The molecule has 11 nitrogen and oxygen atoms in total. The Bertz CT molecular complexity index is 1590. The van der Waals surface area contributed by atoms with Gasteiger partial charge in [0.2, 0.25) is 11.8 Å². The smallest absolute Gasteiger partial charge is 0.415 e. The number of aromatic nitrogens is 3. The first-order valence-electron chi connectivity index (χ1n) is 14.9. The lowest BCUT2D eigenvalue weighted by Crippen LogP contribution is -2.42. The number of hydrogen-bond donors (Lipinski definition) is 2. The summed E-state index contributed by atoms with van der Waals surface area (Å²) < 4.78 is 11.4. The van der Waals surface area contributed by atoms with Crippen LogP contribution in [-0.2, 0) is 9.53 Å². The number of fused-ring (bicyclic) bond motifs is 2. The number of carbonyl (C=O) groups excluding carboxylic acids is 1. The van der Waals surface area contributed by atoms with Crippen LogP contribution in [0.15, 0.2) is 59.6 Å². The fourth-order valence-corrected chi connectivity index (χ4v) is 4.44. The Morgan fingerprint density at radius 3 is 2.57 bits per heavy atom. The summed E-state index contributed by atoms with van der Waals surface area (Å²) in [6, 6.07) is 5.85. The van der Waals surface area contributed by atoms with Gasteiger partial charge in [0.1, 0.15) is 17.9 Å². The Hall–Kier alpha value is -4.80. The van der Waals surface area contributed by atoms with Gasteiger partial charge in [-0.05, 0) is 51.0 Å². The molecular formula is C33H42N6O5. The molecule has 3 aromatic rings. The highest BCUT2D eigenvalue weighted by Gasteiger charge is 2.31. The molecule has 0 fully saturated rings. The quantitative estimate of drug-likeness (QED) is 0.307. The van der Waals surface area contributed by atoms with Crippen LogP contribution in [0.4, 0.5) is 16.4 Å². The van der Waals surface area contributed by atoms with Crippen molar-refractivity contribution in [2.75, 3.05) is 23.4 Å². The van der Waals surface area contributed by atoms with Crippen molar-refractivity contribution >= 4 is 40.3 Å². The van der Waals surface area contributed by atoms with Crippen LogP contribution in [-0.4, -0.2) is 56.6 Å². The van der Waals surface area contributed by atoms with Crippen molar-refractivity contribution in [3.05, 3.63) is 60.2 Å². The molecule has 0 unspecified atom stereocenters. The standard InChI is InChI=1S/C29H30N6O5.2C2H6/c1-17-22(16-31-26-25(17)35(10-11-39-26)28(38)40-29(2,3)4)18-8-9-19-14-32-27(34-23(19)12-18)33-21-7-5-6-20(30-15-21)13-24(36)37;2*1-2/h5-6,8-9,12,14-16H,7,10-11,13H2,1-4H3,(H,36,37)(H,32,33,34);2*1-2H3.